The molecule has 0 bridgehead atoms. The van der Waals surface area contributed by atoms with Gasteiger partial charge in [-0.05, 0) is 73.9 Å². The Morgan fingerprint density at radius 3 is 2.33 bits per heavy atom. The Hall–Kier alpha value is -2.60. The van der Waals surface area contributed by atoms with E-state index in [2.05, 4.69) is 22.8 Å². The lowest BCUT2D eigenvalue weighted by Gasteiger charge is -2.12. The number of amides is 1. The summed E-state index contributed by atoms with van der Waals surface area (Å²) in [6.45, 7) is 3.45. The minimum atomic E-state index is -0.0171. The van der Waals surface area contributed by atoms with Crippen LogP contribution >= 0.6 is 12.2 Å². The number of hydrogen-bond donors (Lipinski definition) is 2. The van der Waals surface area contributed by atoms with Crippen molar-refractivity contribution in [2.75, 3.05) is 32.6 Å². The van der Waals surface area contributed by atoms with E-state index in [9.17, 15) is 4.79 Å². The van der Waals surface area contributed by atoms with Crippen molar-refractivity contribution in [2.45, 2.75) is 19.8 Å². The Morgan fingerprint density at radius 1 is 1.07 bits per heavy atom. The maximum absolute atomic E-state index is 11.9. The van der Waals surface area contributed by atoms with E-state index in [4.69, 9.17) is 17.0 Å². The molecule has 0 aliphatic rings. The fourth-order valence-electron chi connectivity index (χ4n) is 2.54. The molecule has 5 nitrogen and oxygen atoms in total. The third kappa shape index (κ3) is 6.90. The van der Waals surface area contributed by atoms with Crippen molar-refractivity contribution < 1.29 is 9.53 Å². The lowest BCUT2D eigenvalue weighted by atomic mass is 10.1. The van der Waals surface area contributed by atoms with E-state index in [1.54, 1.807) is 31.1 Å². The van der Waals surface area contributed by atoms with Gasteiger partial charge in [-0.25, -0.2) is 0 Å². The number of rotatable bonds is 8. The Labute approximate surface area is 166 Å². The van der Waals surface area contributed by atoms with Gasteiger partial charge in [-0.1, -0.05) is 12.1 Å². The number of hydrogen-bond acceptors (Lipinski definition) is 3. The molecule has 2 aromatic carbocycles. The van der Waals surface area contributed by atoms with Crippen LogP contribution in [0.4, 0.5) is 5.69 Å². The number of ether oxygens (including phenoxy) is 1. The van der Waals surface area contributed by atoms with Crippen molar-refractivity contribution >= 4 is 28.9 Å². The highest BCUT2D eigenvalue weighted by molar-refractivity contribution is 7.80. The zero-order valence-electron chi connectivity index (χ0n) is 16.1. The molecule has 0 saturated carbocycles. The molecule has 0 radical (unpaired) electrons. The van der Waals surface area contributed by atoms with Gasteiger partial charge in [-0.3, -0.25) is 4.79 Å². The predicted octanol–water partition coefficient (Wildman–Crippen LogP) is 3.71. The summed E-state index contributed by atoms with van der Waals surface area (Å²) < 4.78 is 5.45. The van der Waals surface area contributed by atoms with E-state index in [1.165, 1.54) is 5.56 Å². The molecule has 144 valence electrons. The van der Waals surface area contributed by atoms with Gasteiger partial charge in [0.1, 0.15) is 5.75 Å². The molecule has 2 N–H and O–H groups in total. The zero-order valence-corrected chi connectivity index (χ0v) is 16.9. The molecule has 0 heterocycles. The van der Waals surface area contributed by atoms with Crippen molar-refractivity contribution in [3.63, 3.8) is 0 Å². The van der Waals surface area contributed by atoms with E-state index in [0.717, 1.165) is 30.8 Å². The van der Waals surface area contributed by atoms with Gasteiger partial charge >= 0.3 is 0 Å². The first-order valence-corrected chi connectivity index (χ1v) is 9.48. The van der Waals surface area contributed by atoms with Crippen LogP contribution in [0, 0.1) is 0 Å². The van der Waals surface area contributed by atoms with Crippen LogP contribution in [-0.2, 0) is 6.42 Å². The van der Waals surface area contributed by atoms with Gasteiger partial charge in [0.05, 0.1) is 6.61 Å². The predicted molar refractivity (Wildman–Crippen MR) is 115 cm³/mol. The van der Waals surface area contributed by atoms with Crippen LogP contribution in [0.15, 0.2) is 48.5 Å². The SMILES string of the molecule is CCOc1ccc(CCCNC(=S)Nc2ccc(C(=O)N(C)C)cc2)cc1. The molecule has 6 heteroatoms. The van der Waals surface area contributed by atoms with Crippen LogP contribution in [0.1, 0.15) is 29.3 Å². The Kier molecular flexibility index (Phi) is 8.07. The monoisotopic (exact) mass is 385 g/mol. The lowest BCUT2D eigenvalue weighted by Crippen LogP contribution is -2.29. The molecule has 1 amide bonds. The Balaban J connectivity index is 1.70. The molecule has 0 saturated heterocycles. The summed E-state index contributed by atoms with van der Waals surface area (Å²) in [5.74, 6) is 0.889. The highest BCUT2D eigenvalue weighted by Gasteiger charge is 2.07. The van der Waals surface area contributed by atoms with Gasteiger partial charge in [0.25, 0.3) is 5.91 Å². The smallest absolute Gasteiger partial charge is 0.253 e. The van der Waals surface area contributed by atoms with Crippen LogP contribution in [0.5, 0.6) is 5.75 Å². The second kappa shape index (κ2) is 10.5. The highest BCUT2D eigenvalue weighted by atomic mass is 32.1. The maximum Gasteiger partial charge on any atom is 0.253 e. The van der Waals surface area contributed by atoms with Crippen molar-refractivity contribution in [1.82, 2.24) is 10.2 Å². The second-order valence-electron chi connectivity index (χ2n) is 6.34. The number of anilines is 1. The molecule has 0 aliphatic carbocycles. The first kappa shape index (κ1) is 20.7. The number of benzene rings is 2. The number of aryl methyl sites for hydroxylation is 1. The minimum absolute atomic E-state index is 0.0171. The maximum atomic E-state index is 11.9. The average molecular weight is 386 g/mol. The normalized spacial score (nSPS) is 10.2. The van der Waals surface area contributed by atoms with E-state index < -0.39 is 0 Å². The van der Waals surface area contributed by atoms with Crippen LogP contribution in [0.25, 0.3) is 0 Å². The van der Waals surface area contributed by atoms with Gasteiger partial charge in [0.15, 0.2) is 5.11 Å². The minimum Gasteiger partial charge on any atom is -0.494 e. The second-order valence-corrected chi connectivity index (χ2v) is 6.75. The molecule has 2 rings (SSSR count). The third-order valence-electron chi connectivity index (χ3n) is 3.96. The fourth-order valence-corrected chi connectivity index (χ4v) is 2.76. The summed E-state index contributed by atoms with van der Waals surface area (Å²) in [4.78, 5) is 13.4. The highest BCUT2D eigenvalue weighted by Crippen LogP contribution is 2.13. The number of thiocarbonyl (C=S) groups is 1. The van der Waals surface area contributed by atoms with E-state index in [-0.39, 0.29) is 5.91 Å². The largest absolute Gasteiger partial charge is 0.494 e. The van der Waals surface area contributed by atoms with Crippen LogP contribution in [-0.4, -0.2) is 43.2 Å². The first-order chi connectivity index (χ1) is 13.0. The van der Waals surface area contributed by atoms with Crippen molar-refractivity contribution in [3.8, 4) is 5.75 Å². The van der Waals surface area contributed by atoms with E-state index >= 15 is 0 Å². The molecule has 0 aromatic heterocycles. The molecular formula is C21H27N3O2S. The standard InChI is InChI=1S/C21H27N3O2S/c1-4-26-19-13-7-16(8-14-19)6-5-15-22-21(27)23-18-11-9-17(10-12-18)20(25)24(2)3/h7-14H,4-6,15H2,1-3H3,(H2,22,23,27). The van der Waals surface area contributed by atoms with Crippen molar-refractivity contribution in [1.29, 1.82) is 0 Å². The Bertz CT molecular complexity index is 743. The third-order valence-corrected chi connectivity index (χ3v) is 4.20. The summed E-state index contributed by atoms with van der Waals surface area (Å²) in [6, 6.07) is 15.5. The molecule has 27 heavy (non-hydrogen) atoms. The number of carbonyl (C=O) groups excluding carboxylic acids is 1. The van der Waals surface area contributed by atoms with Gasteiger partial charge in [-0.2, -0.15) is 0 Å². The van der Waals surface area contributed by atoms with E-state index in [0.29, 0.717) is 17.3 Å². The summed E-state index contributed by atoms with van der Waals surface area (Å²) in [6.07, 6.45) is 1.95. The van der Waals surface area contributed by atoms with Gasteiger partial charge in [0, 0.05) is 31.9 Å². The zero-order chi connectivity index (χ0) is 19.6. The number of nitrogens with zero attached hydrogens (tertiary/aromatic N) is 1. The Morgan fingerprint density at radius 2 is 1.74 bits per heavy atom. The lowest BCUT2D eigenvalue weighted by molar-refractivity contribution is 0.0827. The number of nitrogens with one attached hydrogen (secondary N) is 2. The summed E-state index contributed by atoms with van der Waals surface area (Å²) >= 11 is 5.32. The van der Waals surface area contributed by atoms with Crippen molar-refractivity contribution in [3.05, 3.63) is 59.7 Å². The topological polar surface area (TPSA) is 53.6 Å². The summed E-state index contributed by atoms with van der Waals surface area (Å²) in [5, 5.41) is 6.92. The summed E-state index contributed by atoms with van der Waals surface area (Å²) in [7, 11) is 3.47. The molecule has 0 aliphatic heterocycles. The van der Waals surface area contributed by atoms with Crippen LogP contribution in [0.2, 0.25) is 0 Å². The van der Waals surface area contributed by atoms with Gasteiger partial charge in [-0.15, -0.1) is 0 Å². The van der Waals surface area contributed by atoms with Crippen LogP contribution < -0.4 is 15.4 Å². The van der Waals surface area contributed by atoms with Crippen molar-refractivity contribution in [2.24, 2.45) is 0 Å². The molecule has 0 unspecified atom stereocenters. The molecular weight excluding hydrogens is 358 g/mol. The fraction of sp³-hybridized carbons (Fsp3) is 0.333. The van der Waals surface area contributed by atoms with Gasteiger partial charge in [0.2, 0.25) is 0 Å². The van der Waals surface area contributed by atoms with Gasteiger partial charge < -0.3 is 20.3 Å². The molecule has 0 atom stereocenters. The average Bonchev–Trinajstić information content (AvgIpc) is 2.66. The summed E-state index contributed by atoms with van der Waals surface area (Å²) in [5.41, 5.74) is 2.79. The molecule has 0 spiro atoms. The molecule has 0 fully saturated rings. The van der Waals surface area contributed by atoms with Crippen LogP contribution in [0.3, 0.4) is 0 Å². The first-order valence-electron chi connectivity index (χ1n) is 9.08. The quantitative estimate of drug-likeness (QED) is 0.536. The molecule has 2 aromatic rings. The number of carbonyl (C=O) groups is 1. The van der Waals surface area contributed by atoms with E-state index in [1.807, 2.05) is 31.2 Å².